The first-order valence-electron chi connectivity index (χ1n) is 14.9. The molecular formula is C33H47ClN6O4. The normalized spacial score (nSPS) is 19.9. The van der Waals surface area contributed by atoms with Crippen LogP contribution in [-0.2, 0) is 20.9 Å². The molecule has 11 heteroatoms. The van der Waals surface area contributed by atoms with Gasteiger partial charge in [-0.15, -0.1) is 0 Å². The Morgan fingerprint density at radius 2 is 1.89 bits per heavy atom. The second-order valence-electron chi connectivity index (χ2n) is 10.4. The molecule has 0 spiro atoms. The van der Waals surface area contributed by atoms with Gasteiger partial charge in [-0.1, -0.05) is 36.2 Å². The molecule has 240 valence electrons. The highest BCUT2D eigenvalue weighted by Gasteiger charge is 2.29. The van der Waals surface area contributed by atoms with Crippen molar-refractivity contribution in [2.45, 2.75) is 51.7 Å². The number of carbonyl (C=O) groups is 2. The van der Waals surface area contributed by atoms with E-state index < -0.39 is 0 Å². The van der Waals surface area contributed by atoms with Gasteiger partial charge in [-0.25, -0.2) is 0 Å². The van der Waals surface area contributed by atoms with Crippen LogP contribution in [-0.4, -0.2) is 65.5 Å². The van der Waals surface area contributed by atoms with Crippen LogP contribution in [0.3, 0.4) is 0 Å². The monoisotopic (exact) mass is 626 g/mol. The molecule has 1 aliphatic heterocycles. The van der Waals surface area contributed by atoms with Gasteiger partial charge in [-0.3, -0.25) is 9.59 Å². The summed E-state index contributed by atoms with van der Waals surface area (Å²) in [4.78, 5) is 24.4. The summed E-state index contributed by atoms with van der Waals surface area (Å²) in [5.74, 6) is 0.903. The second kappa shape index (κ2) is 21.1. The summed E-state index contributed by atoms with van der Waals surface area (Å²) < 4.78 is 11.6. The van der Waals surface area contributed by atoms with Crippen LogP contribution in [0.25, 0.3) is 0 Å². The number of likely N-dealkylation sites (N-methyl/N-ethyl adjacent to an activating group) is 1. The molecular weight excluding hydrogens is 580 g/mol. The molecule has 0 aromatic heterocycles. The Labute approximate surface area is 266 Å². The van der Waals surface area contributed by atoms with E-state index in [4.69, 9.17) is 21.1 Å². The molecule has 2 aromatic rings. The van der Waals surface area contributed by atoms with Crippen LogP contribution in [0.5, 0.6) is 5.75 Å². The number of para-hydroxylation sites is 1. The summed E-state index contributed by atoms with van der Waals surface area (Å²) in [6.07, 6.45) is 5.04. The van der Waals surface area contributed by atoms with Gasteiger partial charge in [0.15, 0.2) is 6.29 Å². The largest absolute Gasteiger partial charge is 0.494 e. The first-order valence-corrected chi connectivity index (χ1v) is 15.3. The molecule has 3 unspecified atom stereocenters. The van der Waals surface area contributed by atoms with Gasteiger partial charge in [0.2, 0.25) is 5.91 Å². The minimum Gasteiger partial charge on any atom is -0.494 e. The molecule has 2 aromatic carbocycles. The van der Waals surface area contributed by atoms with E-state index in [9.17, 15) is 9.59 Å². The number of benzene rings is 2. The Bertz CT molecular complexity index is 1200. The molecule has 1 aliphatic carbocycles. The molecule has 1 heterocycles. The highest BCUT2D eigenvalue weighted by Crippen LogP contribution is 2.31. The number of amides is 1. The zero-order valence-corrected chi connectivity index (χ0v) is 26.9. The van der Waals surface area contributed by atoms with Crippen LogP contribution >= 0.6 is 11.6 Å². The smallest absolute Gasteiger partial charge is 0.227 e. The van der Waals surface area contributed by atoms with E-state index in [0.717, 1.165) is 61.2 Å². The Morgan fingerprint density at radius 1 is 1.14 bits per heavy atom. The lowest BCUT2D eigenvalue weighted by molar-refractivity contribution is -0.126. The van der Waals surface area contributed by atoms with Gasteiger partial charge in [0.25, 0.3) is 0 Å². The van der Waals surface area contributed by atoms with Crippen LogP contribution < -0.4 is 26.0 Å². The van der Waals surface area contributed by atoms with Crippen molar-refractivity contribution in [1.82, 2.24) is 16.0 Å². The highest BCUT2D eigenvalue weighted by molar-refractivity contribution is 6.30. The lowest BCUT2D eigenvalue weighted by Crippen LogP contribution is -2.35. The summed E-state index contributed by atoms with van der Waals surface area (Å²) in [5, 5.41) is 18.9. The van der Waals surface area contributed by atoms with E-state index in [1.807, 2.05) is 69.6 Å². The van der Waals surface area contributed by atoms with Gasteiger partial charge in [-0.2, -0.15) is 10.2 Å². The van der Waals surface area contributed by atoms with Crippen molar-refractivity contribution < 1.29 is 19.1 Å². The average molecular weight is 627 g/mol. The molecule has 2 aliphatic rings. The molecule has 10 nitrogen and oxygen atoms in total. The molecule has 0 bridgehead atoms. The van der Waals surface area contributed by atoms with Gasteiger partial charge >= 0.3 is 0 Å². The third-order valence-electron chi connectivity index (χ3n) is 7.37. The quantitative estimate of drug-likeness (QED) is 0.110. The standard InChI is InChI=1S/C24H34ClN3O4.C7H9N.C2H4N2/c1-3-32-23-8-7-19(25)10-18(23)15-31-14-16-5-4-6-17(9-16)24(30)28-22(13-29)21-11-20(26-2)12-27-21;1-8-7-5-3-2-4-6-7;1-3-4-2/h7-8,10,13,16-17,20,26-27H,3-6,9,11-12,14-15H2,1-2H3,(H,28,30);2-6,8H,1H3;1-2H2/b22-21+;;. The summed E-state index contributed by atoms with van der Waals surface area (Å²) >= 11 is 6.12. The maximum absolute atomic E-state index is 12.9. The predicted octanol–water partition coefficient (Wildman–Crippen LogP) is 5.20. The third kappa shape index (κ3) is 12.9. The van der Waals surface area contributed by atoms with Gasteiger partial charge in [-0.05, 0) is 69.5 Å². The second-order valence-corrected chi connectivity index (χ2v) is 10.8. The van der Waals surface area contributed by atoms with Crippen LogP contribution in [0, 0.1) is 11.8 Å². The highest BCUT2D eigenvalue weighted by atomic mass is 35.5. The number of carbonyl (C=O) groups excluding carboxylic acids is 2. The number of ether oxygens (including phenoxy) is 2. The number of rotatable bonds is 12. The maximum Gasteiger partial charge on any atom is 0.227 e. The number of allylic oxidation sites excluding steroid dienone is 1. The van der Waals surface area contributed by atoms with Crippen LogP contribution in [0.15, 0.2) is 70.1 Å². The summed E-state index contributed by atoms with van der Waals surface area (Å²) in [5.41, 5.74) is 3.24. The number of anilines is 1. The summed E-state index contributed by atoms with van der Waals surface area (Å²) in [7, 11) is 3.80. The topological polar surface area (TPSA) is 125 Å². The molecule has 1 saturated carbocycles. The van der Waals surface area contributed by atoms with Crippen LogP contribution in [0.2, 0.25) is 5.02 Å². The molecule has 44 heavy (non-hydrogen) atoms. The minimum absolute atomic E-state index is 0.0764. The van der Waals surface area contributed by atoms with Crippen molar-refractivity contribution in [1.29, 1.82) is 0 Å². The summed E-state index contributed by atoms with van der Waals surface area (Å²) in [6, 6.07) is 15.9. The molecule has 1 saturated heterocycles. The van der Waals surface area contributed by atoms with E-state index in [2.05, 4.69) is 44.9 Å². The lowest BCUT2D eigenvalue weighted by atomic mass is 9.81. The van der Waals surface area contributed by atoms with Crippen molar-refractivity contribution in [2.24, 2.45) is 22.0 Å². The van der Waals surface area contributed by atoms with Crippen LogP contribution in [0.1, 0.15) is 44.6 Å². The molecule has 0 radical (unpaired) electrons. The number of nitrogens with zero attached hydrogens (tertiary/aromatic N) is 2. The van der Waals surface area contributed by atoms with Gasteiger partial charge in [0, 0.05) is 74.0 Å². The molecule has 2 fully saturated rings. The van der Waals surface area contributed by atoms with Crippen molar-refractivity contribution in [2.75, 3.05) is 39.2 Å². The molecule has 1 amide bonds. The number of nitrogens with one attached hydrogen (secondary N) is 4. The fourth-order valence-corrected chi connectivity index (χ4v) is 5.23. The zero-order chi connectivity index (χ0) is 32.2. The third-order valence-corrected chi connectivity index (χ3v) is 7.61. The number of hydrogen-bond acceptors (Lipinski definition) is 9. The lowest BCUT2D eigenvalue weighted by Gasteiger charge is -2.28. The molecule has 3 atom stereocenters. The van der Waals surface area contributed by atoms with Crippen molar-refractivity contribution >= 4 is 42.9 Å². The van der Waals surface area contributed by atoms with Crippen molar-refractivity contribution in [3.05, 3.63) is 70.5 Å². The van der Waals surface area contributed by atoms with Crippen molar-refractivity contribution in [3.63, 3.8) is 0 Å². The van der Waals surface area contributed by atoms with E-state index in [-0.39, 0.29) is 17.9 Å². The average Bonchev–Trinajstić information content (AvgIpc) is 3.55. The summed E-state index contributed by atoms with van der Waals surface area (Å²) in [6.45, 7) is 10.3. The molecule has 4 rings (SSSR count). The Morgan fingerprint density at radius 3 is 2.48 bits per heavy atom. The van der Waals surface area contributed by atoms with E-state index in [1.54, 1.807) is 0 Å². The number of halogens is 1. The Kier molecular flexibility index (Phi) is 17.4. The first-order chi connectivity index (χ1) is 21.4. The van der Waals surface area contributed by atoms with Crippen LogP contribution in [0.4, 0.5) is 5.69 Å². The SMILES string of the molecule is C=NN=C.CCOc1ccc(Cl)cc1COCC1CCCC(C(=O)N/C(C=O)=C2\CC(NC)CN2)C1.CNc1ccccc1. The Balaban J connectivity index is 0.000000470. The minimum atomic E-state index is -0.112. The molecule has 4 N–H and O–H groups in total. The Hall–Kier alpha value is -3.73. The fourth-order valence-electron chi connectivity index (χ4n) is 5.04. The van der Waals surface area contributed by atoms with E-state index in [0.29, 0.717) is 42.9 Å². The van der Waals surface area contributed by atoms with E-state index >= 15 is 0 Å². The number of aldehydes is 1. The van der Waals surface area contributed by atoms with Gasteiger partial charge < -0.3 is 30.7 Å². The predicted molar refractivity (Wildman–Crippen MR) is 180 cm³/mol. The first kappa shape index (κ1) is 36.5. The maximum atomic E-state index is 12.9. The number of hydrogen-bond donors (Lipinski definition) is 4. The van der Waals surface area contributed by atoms with Crippen molar-refractivity contribution in [3.8, 4) is 5.75 Å². The zero-order valence-electron chi connectivity index (χ0n) is 26.1. The van der Waals surface area contributed by atoms with E-state index in [1.165, 1.54) is 0 Å². The fraction of sp³-hybridized carbons (Fsp3) is 0.455. The van der Waals surface area contributed by atoms with Gasteiger partial charge in [0.05, 0.1) is 13.2 Å². The van der Waals surface area contributed by atoms with Gasteiger partial charge in [0.1, 0.15) is 11.4 Å².